The number of aryl methyl sites for hydroxylation is 1. The third kappa shape index (κ3) is 3.71. The van der Waals surface area contributed by atoms with Crippen molar-refractivity contribution in [2.45, 2.75) is 58.2 Å². The second-order valence-electron chi connectivity index (χ2n) is 6.25. The molecule has 1 fully saturated rings. The van der Waals surface area contributed by atoms with Gasteiger partial charge in [-0.2, -0.15) is 0 Å². The lowest BCUT2D eigenvalue weighted by Gasteiger charge is -2.37. The summed E-state index contributed by atoms with van der Waals surface area (Å²) in [5.74, 6) is 0.372. The van der Waals surface area contributed by atoms with Crippen molar-refractivity contribution in [3.8, 4) is 5.75 Å². The molecule has 0 aromatic heterocycles. The van der Waals surface area contributed by atoms with E-state index >= 15 is 0 Å². The van der Waals surface area contributed by atoms with Crippen LogP contribution < -0.4 is 5.32 Å². The number of aromatic hydroxyl groups is 1. The number of phenols is 1. The third-order valence-corrected chi connectivity index (χ3v) is 3.83. The zero-order chi connectivity index (χ0) is 14.0. The largest absolute Gasteiger partial charge is 0.508 e. The van der Waals surface area contributed by atoms with Crippen LogP contribution in [0.25, 0.3) is 0 Å². The molecule has 2 rings (SSSR count). The minimum Gasteiger partial charge on any atom is -0.508 e. The monoisotopic (exact) mass is 263 g/mol. The second kappa shape index (κ2) is 5.51. The first-order valence-corrected chi connectivity index (χ1v) is 7.07. The topological polar surface area (TPSA) is 41.5 Å². The Morgan fingerprint density at radius 1 is 1.42 bits per heavy atom. The molecule has 3 heteroatoms. The van der Waals surface area contributed by atoms with E-state index in [2.05, 4.69) is 32.2 Å². The normalized spacial score (nSPS) is 24.1. The minimum atomic E-state index is -0.0513. The van der Waals surface area contributed by atoms with Crippen LogP contribution in [0.2, 0.25) is 0 Å². The highest BCUT2D eigenvalue weighted by Gasteiger charge is 2.29. The van der Waals surface area contributed by atoms with Crippen molar-refractivity contribution < 1.29 is 9.84 Å². The summed E-state index contributed by atoms with van der Waals surface area (Å²) < 4.78 is 5.74. The van der Waals surface area contributed by atoms with E-state index in [1.165, 1.54) is 5.56 Å². The van der Waals surface area contributed by atoms with Crippen molar-refractivity contribution >= 4 is 0 Å². The molecule has 2 N–H and O–H groups in total. The summed E-state index contributed by atoms with van der Waals surface area (Å²) in [5, 5.41) is 13.6. The number of nitrogens with one attached hydrogen (secondary N) is 1. The predicted octanol–water partition coefficient (Wildman–Crippen LogP) is 3.31. The zero-order valence-corrected chi connectivity index (χ0v) is 12.4. The summed E-state index contributed by atoms with van der Waals surface area (Å²) in [5.41, 5.74) is 2.10. The Kier molecular flexibility index (Phi) is 4.16. The Morgan fingerprint density at radius 3 is 2.84 bits per heavy atom. The third-order valence-electron chi connectivity index (χ3n) is 3.83. The van der Waals surface area contributed by atoms with Crippen LogP contribution in [-0.4, -0.2) is 23.4 Å². The van der Waals surface area contributed by atoms with Crippen molar-refractivity contribution in [2.75, 3.05) is 6.61 Å². The maximum Gasteiger partial charge on any atom is 0.120 e. The molecule has 0 aliphatic carbocycles. The number of rotatable bonds is 3. The van der Waals surface area contributed by atoms with Gasteiger partial charge in [-0.05, 0) is 46.6 Å². The number of phenolic OH excluding ortho intramolecular Hbond substituents is 1. The first-order chi connectivity index (χ1) is 8.87. The highest BCUT2D eigenvalue weighted by Crippen LogP contribution is 2.29. The maximum atomic E-state index is 9.97. The van der Waals surface area contributed by atoms with E-state index in [9.17, 15) is 5.11 Å². The molecule has 1 aromatic rings. The van der Waals surface area contributed by atoms with E-state index in [0.717, 1.165) is 25.0 Å². The lowest BCUT2D eigenvalue weighted by atomic mass is 9.92. The number of hydrogen-bond donors (Lipinski definition) is 2. The fourth-order valence-corrected chi connectivity index (χ4v) is 2.84. The average Bonchev–Trinajstić information content (AvgIpc) is 2.31. The zero-order valence-electron chi connectivity index (χ0n) is 12.4. The van der Waals surface area contributed by atoms with Gasteiger partial charge in [-0.3, -0.25) is 0 Å². The highest BCUT2D eigenvalue weighted by atomic mass is 16.5. The minimum absolute atomic E-state index is 0.0513. The Hall–Kier alpha value is -1.06. The fraction of sp³-hybridized carbons (Fsp3) is 0.625. The van der Waals surface area contributed by atoms with Gasteiger partial charge in [0.25, 0.3) is 0 Å². The molecule has 1 aliphatic rings. The molecule has 0 radical (unpaired) electrons. The SMILES string of the molecule is Cc1ccc(O)c(C(C)NC2CCOC(C)(C)C2)c1. The van der Waals surface area contributed by atoms with Crippen LogP contribution in [-0.2, 0) is 4.74 Å². The Labute approximate surface area is 116 Å². The number of hydrogen-bond acceptors (Lipinski definition) is 3. The molecular formula is C16H25NO2. The molecule has 2 atom stereocenters. The van der Waals surface area contributed by atoms with Gasteiger partial charge in [-0.15, -0.1) is 0 Å². The summed E-state index contributed by atoms with van der Waals surface area (Å²) in [4.78, 5) is 0. The molecule has 1 saturated heterocycles. The molecule has 0 saturated carbocycles. The molecule has 0 amide bonds. The molecule has 1 aromatic carbocycles. The summed E-state index contributed by atoms with van der Waals surface area (Å²) >= 11 is 0. The van der Waals surface area contributed by atoms with Crippen LogP contribution in [0.4, 0.5) is 0 Å². The van der Waals surface area contributed by atoms with Crippen molar-refractivity contribution in [1.29, 1.82) is 0 Å². The van der Waals surface area contributed by atoms with Gasteiger partial charge in [-0.25, -0.2) is 0 Å². The van der Waals surface area contributed by atoms with Crippen LogP contribution in [0, 0.1) is 6.92 Å². The second-order valence-corrected chi connectivity index (χ2v) is 6.25. The van der Waals surface area contributed by atoms with Crippen molar-refractivity contribution in [1.82, 2.24) is 5.32 Å². The van der Waals surface area contributed by atoms with Gasteiger partial charge < -0.3 is 15.2 Å². The first-order valence-electron chi connectivity index (χ1n) is 7.07. The Morgan fingerprint density at radius 2 is 2.16 bits per heavy atom. The summed E-state index contributed by atoms with van der Waals surface area (Å²) in [6.45, 7) is 9.23. The molecule has 0 bridgehead atoms. The van der Waals surface area contributed by atoms with E-state index in [-0.39, 0.29) is 11.6 Å². The Bertz CT molecular complexity index is 442. The molecule has 106 valence electrons. The predicted molar refractivity (Wildman–Crippen MR) is 77.4 cm³/mol. The standard InChI is InChI=1S/C16H25NO2/c1-11-5-6-15(18)14(9-11)12(2)17-13-7-8-19-16(3,4)10-13/h5-6,9,12-13,17-18H,7-8,10H2,1-4H3. The van der Waals surface area contributed by atoms with Gasteiger partial charge >= 0.3 is 0 Å². The highest BCUT2D eigenvalue weighted by molar-refractivity contribution is 5.37. The molecule has 1 aliphatic heterocycles. The summed E-state index contributed by atoms with van der Waals surface area (Å²) in [6, 6.07) is 6.36. The van der Waals surface area contributed by atoms with Crippen LogP contribution in [0.3, 0.4) is 0 Å². The van der Waals surface area contributed by atoms with E-state index in [4.69, 9.17) is 4.74 Å². The average molecular weight is 263 g/mol. The van der Waals surface area contributed by atoms with Gasteiger partial charge in [0.2, 0.25) is 0 Å². The molecule has 3 nitrogen and oxygen atoms in total. The van der Waals surface area contributed by atoms with E-state index in [1.54, 1.807) is 6.07 Å². The van der Waals surface area contributed by atoms with Gasteiger partial charge in [0.1, 0.15) is 5.75 Å². The lowest BCUT2D eigenvalue weighted by Crippen LogP contribution is -2.44. The summed E-state index contributed by atoms with van der Waals surface area (Å²) in [6.07, 6.45) is 2.03. The number of ether oxygens (including phenoxy) is 1. The molecule has 1 heterocycles. The van der Waals surface area contributed by atoms with Gasteiger partial charge in [0, 0.05) is 24.3 Å². The molecule has 2 unspecified atom stereocenters. The van der Waals surface area contributed by atoms with Crippen molar-refractivity contribution in [3.63, 3.8) is 0 Å². The van der Waals surface area contributed by atoms with Crippen LogP contribution in [0.1, 0.15) is 50.8 Å². The lowest BCUT2D eigenvalue weighted by molar-refractivity contribution is -0.0640. The Balaban J connectivity index is 2.04. The van der Waals surface area contributed by atoms with Crippen LogP contribution >= 0.6 is 0 Å². The van der Waals surface area contributed by atoms with Crippen LogP contribution in [0.5, 0.6) is 5.75 Å². The molecule has 0 spiro atoms. The van der Waals surface area contributed by atoms with Gasteiger partial charge in [0.15, 0.2) is 0 Å². The summed E-state index contributed by atoms with van der Waals surface area (Å²) in [7, 11) is 0. The van der Waals surface area contributed by atoms with Gasteiger partial charge in [0.05, 0.1) is 5.60 Å². The fourth-order valence-electron chi connectivity index (χ4n) is 2.84. The van der Waals surface area contributed by atoms with E-state index in [0.29, 0.717) is 11.8 Å². The van der Waals surface area contributed by atoms with E-state index in [1.807, 2.05) is 13.0 Å². The smallest absolute Gasteiger partial charge is 0.120 e. The first kappa shape index (κ1) is 14.4. The molecular weight excluding hydrogens is 238 g/mol. The number of benzene rings is 1. The molecule has 19 heavy (non-hydrogen) atoms. The van der Waals surface area contributed by atoms with Crippen molar-refractivity contribution in [2.24, 2.45) is 0 Å². The van der Waals surface area contributed by atoms with Gasteiger partial charge in [-0.1, -0.05) is 17.7 Å². The quantitative estimate of drug-likeness (QED) is 0.879. The van der Waals surface area contributed by atoms with E-state index < -0.39 is 0 Å². The maximum absolute atomic E-state index is 9.97. The van der Waals surface area contributed by atoms with Crippen molar-refractivity contribution in [3.05, 3.63) is 29.3 Å². The van der Waals surface area contributed by atoms with Crippen LogP contribution in [0.15, 0.2) is 18.2 Å².